The molecule has 4 heterocycles. The zero-order valence-corrected chi connectivity index (χ0v) is 25.4. The SMILES string of the molecule is COC[C@@H](CN1CCSCC1)Oc1c(-c2c(OC)cccc2OC)cc(C(=O)Nc2nnc(-n3nccc3N)s2)oc1=O. The number of methoxy groups -OCH3 is 3. The summed E-state index contributed by atoms with van der Waals surface area (Å²) in [5.41, 5.74) is 5.71. The van der Waals surface area contributed by atoms with Crippen LogP contribution in [0.5, 0.6) is 17.2 Å². The summed E-state index contributed by atoms with van der Waals surface area (Å²) < 4.78 is 29.9. The van der Waals surface area contributed by atoms with E-state index in [0.717, 1.165) is 35.9 Å². The highest BCUT2D eigenvalue weighted by molar-refractivity contribution is 7.99. The number of rotatable bonds is 12. The molecule has 1 fully saturated rings. The van der Waals surface area contributed by atoms with Crippen molar-refractivity contribution in [1.82, 2.24) is 24.9 Å². The van der Waals surface area contributed by atoms with Crippen LogP contribution in [0.25, 0.3) is 16.3 Å². The number of ether oxygens (including phenoxy) is 4. The first-order valence-electron chi connectivity index (χ1n) is 13.2. The van der Waals surface area contributed by atoms with E-state index in [1.807, 2.05) is 11.8 Å². The molecule has 1 aliphatic heterocycles. The highest BCUT2D eigenvalue weighted by Crippen LogP contribution is 2.42. The second kappa shape index (κ2) is 13.9. The Morgan fingerprint density at radius 2 is 1.88 bits per heavy atom. The topological polar surface area (TPSA) is 169 Å². The molecule has 16 heteroatoms. The first-order valence-corrected chi connectivity index (χ1v) is 15.2. The molecule has 0 unspecified atom stereocenters. The summed E-state index contributed by atoms with van der Waals surface area (Å²) >= 11 is 2.94. The Balaban J connectivity index is 1.52. The van der Waals surface area contributed by atoms with Gasteiger partial charge in [-0.2, -0.15) is 21.5 Å². The molecule has 1 atom stereocenters. The van der Waals surface area contributed by atoms with Crippen LogP contribution in [0, 0.1) is 0 Å². The number of benzene rings is 1. The smallest absolute Gasteiger partial charge is 0.379 e. The van der Waals surface area contributed by atoms with Crippen LogP contribution < -0.4 is 30.9 Å². The number of nitrogens with two attached hydrogens (primary N) is 1. The van der Waals surface area contributed by atoms with Crippen molar-refractivity contribution in [3.05, 3.63) is 52.7 Å². The Morgan fingerprint density at radius 1 is 1.14 bits per heavy atom. The first kappa shape index (κ1) is 30.3. The first-order chi connectivity index (χ1) is 20.9. The highest BCUT2D eigenvalue weighted by atomic mass is 32.2. The van der Waals surface area contributed by atoms with E-state index >= 15 is 0 Å². The Labute approximate surface area is 255 Å². The van der Waals surface area contributed by atoms with Crippen molar-refractivity contribution in [2.45, 2.75) is 6.10 Å². The number of nitrogens with zero attached hydrogens (tertiary/aromatic N) is 5. The Hall–Kier alpha value is -4.12. The lowest BCUT2D eigenvalue weighted by atomic mass is 10.0. The molecule has 0 spiro atoms. The maximum absolute atomic E-state index is 13.6. The molecule has 0 radical (unpaired) electrons. The molecule has 14 nitrogen and oxygen atoms in total. The van der Waals surface area contributed by atoms with Gasteiger partial charge in [-0.15, -0.1) is 10.2 Å². The van der Waals surface area contributed by atoms with Crippen LogP contribution in [0.4, 0.5) is 10.9 Å². The number of hydrogen-bond acceptors (Lipinski definition) is 14. The molecule has 3 N–H and O–H groups in total. The molecule has 0 aliphatic carbocycles. The number of nitrogens with one attached hydrogen (secondary N) is 1. The molecule has 5 rings (SSSR count). The van der Waals surface area contributed by atoms with Gasteiger partial charge in [0.15, 0.2) is 5.76 Å². The second-order valence-electron chi connectivity index (χ2n) is 9.30. The number of nitrogen functional groups attached to an aromatic ring is 1. The van der Waals surface area contributed by atoms with E-state index in [1.54, 1.807) is 31.4 Å². The zero-order valence-electron chi connectivity index (χ0n) is 23.8. The average Bonchev–Trinajstić information content (AvgIpc) is 3.66. The number of thioether (sulfide) groups is 1. The van der Waals surface area contributed by atoms with Gasteiger partial charge in [0.25, 0.3) is 5.91 Å². The predicted molar refractivity (Wildman–Crippen MR) is 163 cm³/mol. The van der Waals surface area contributed by atoms with Gasteiger partial charge in [-0.05, 0) is 18.2 Å². The standard InChI is InChI=1S/C27H31N7O7S2/c1-37-15-16(14-33-9-11-42-12-10-33)40-23-17(22-18(38-2)5-4-6-19(22)39-3)13-20(41-25(23)36)24(35)30-26-31-32-27(43-26)34-21(28)7-8-29-34/h4-8,13,16H,9-12,14-15,28H2,1-3H3,(H,30,31,35)/t16-/m1/s1. The van der Waals surface area contributed by atoms with Gasteiger partial charge >= 0.3 is 5.63 Å². The molecule has 1 aromatic carbocycles. The number of hydrogen-bond donors (Lipinski definition) is 2. The number of carbonyl (C=O) groups is 1. The van der Waals surface area contributed by atoms with Gasteiger partial charge in [0.1, 0.15) is 23.4 Å². The maximum atomic E-state index is 13.6. The molecule has 1 aliphatic rings. The Kier molecular flexibility index (Phi) is 9.81. The minimum atomic E-state index is -0.854. The van der Waals surface area contributed by atoms with Crippen molar-refractivity contribution < 1.29 is 28.2 Å². The van der Waals surface area contributed by atoms with Crippen LogP contribution in [-0.2, 0) is 4.74 Å². The van der Waals surface area contributed by atoms with Crippen molar-refractivity contribution in [3.63, 3.8) is 0 Å². The normalized spacial score (nSPS) is 14.3. The summed E-state index contributed by atoms with van der Waals surface area (Å²) in [7, 11) is 4.57. The van der Waals surface area contributed by atoms with Gasteiger partial charge in [0, 0.05) is 49.9 Å². The van der Waals surface area contributed by atoms with Crippen LogP contribution in [0.1, 0.15) is 10.6 Å². The van der Waals surface area contributed by atoms with E-state index < -0.39 is 17.6 Å². The molecular weight excluding hydrogens is 598 g/mol. The summed E-state index contributed by atoms with van der Waals surface area (Å²) in [6.07, 6.45) is 1.02. The fourth-order valence-corrected chi connectivity index (χ4v) is 6.24. The molecule has 1 amide bonds. The fourth-order valence-electron chi connectivity index (χ4n) is 4.54. The van der Waals surface area contributed by atoms with Gasteiger partial charge in [-0.3, -0.25) is 15.0 Å². The van der Waals surface area contributed by atoms with Crippen molar-refractivity contribution in [1.29, 1.82) is 0 Å². The average molecular weight is 630 g/mol. The largest absolute Gasteiger partial charge is 0.496 e. The van der Waals surface area contributed by atoms with E-state index in [1.165, 1.54) is 31.2 Å². The monoisotopic (exact) mass is 629 g/mol. The van der Waals surface area contributed by atoms with Crippen molar-refractivity contribution in [2.75, 3.05) is 70.1 Å². The molecule has 228 valence electrons. The third-order valence-electron chi connectivity index (χ3n) is 6.52. The molecule has 0 saturated carbocycles. The van der Waals surface area contributed by atoms with E-state index in [0.29, 0.717) is 34.6 Å². The van der Waals surface area contributed by atoms with E-state index in [2.05, 4.69) is 25.5 Å². The van der Waals surface area contributed by atoms with Crippen molar-refractivity contribution in [2.24, 2.45) is 0 Å². The summed E-state index contributed by atoms with van der Waals surface area (Å²) in [5.74, 6) is 2.09. The molecule has 4 aromatic rings. The quantitative estimate of drug-likeness (QED) is 0.235. The minimum Gasteiger partial charge on any atom is -0.496 e. The maximum Gasteiger partial charge on any atom is 0.379 e. The third-order valence-corrected chi connectivity index (χ3v) is 8.28. The third kappa shape index (κ3) is 6.93. The van der Waals surface area contributed by atoms with E-state index in [-0.39, 0.29) is 28.8 Å². The number of anilines is 2. The summed E-state index contributed by atoms with van der Waals surface area (Å²) in [4.78, 5) is 29.2. The van der Waals surface area contributed by atoms with Gasteiger partial charge in [0.05, 0.1) is 32.6 Å². The lowest BCUT2D eigenvalue weighted by molar-refractivity contribution is 0.0535. The van der Waals surface area contributed by atoms with Gasteiger partial charge < -0.3 is 29.1 Å². The molecule has 1 saturated heterocycles. The van der Waals surface area contributed by atoms with E-state index in [9.17, 15) is 9.59 Å². The lowest BCUT2D eigenvalue weighted by Gasteiger charge is -2.30. The highest BCUT2D eigenvalue weighted by Gasteiger charge is 2.28. The lowest BCUT2D eigenvalue weighted by Crippen LogP contribution is -2.42. The Bertz CT molecular complexity index is 1590. The van der Waals surface area contributed by atoms with Crippen molar-refractivity contribution >= 4 is 40.0 Å². The van der Waals surface area contributed by atoms with Crippen LogP contribution in [-0.4, -0.2) is 96.0 Å². The van der Waals surface area contributed by atoms with Crippen molar-refractivity contribution in [3.8, 4) is 33.5 Å². The van der Waals surface area contributed by atoms with Crippen LogP contribution in [0.2, 0.25) is 0 Å². The minimum absolute atomic E-state index is 0.0971. The van der Waals surface area contributed by atoms with Crippen LogP contribution >= 0.6 is 23.1 Å². The predicted octanol–water partition coefficient (Wildman–Crippen LogP) is 2.64. The summed E-state index contributed by atoms with van der Waals surface area (Å²) in [6.45, 7) is 2.57. The van der Waals surface area contributed by atoms with Crippen LogP contribution in [0.15, 0.2) is 45.7 Å². The molecular formula is C27H31N7O7S2. The van der Waals surface area contributed by atoms with Gasteiger partial charge in [-0.25, -0.2) is 4.79 Å². The number of aromatic nitrogens is 4. The number of carbonyl (C=O) groups excluding carboxylic acids is 1. The fraction of sp³-hybridized carbons (Fsp3) is 0.370. The summed E-state index contributed by atoms with van der Waals surface area (Å²) in [5, 5.41) is 15.2. The van der Waals surface area contributed by atoms with Gasteiger partial charge in [0.2, 0.25) is 16.0 Å². The second-order valence-corrected chi connectivity index (χ2v) is 11.5. The zero-order chi connectivity index (χ0) is 30.3. The van der Waals surface area contributed by atoms with E-state index in [4.69, 9.17) is 29.1 Å². The number of amides is 1. The summed E-state index contributed by atoms with van der Waals surface area (Å²) in [6, 6.07) is 8.22. The van der Waals surface area contributed by atoms with Gasteiger partial charge in [-0.1, -0.05) is 17.4 Å². The van der Waals surface area contributed by atoms with Crippen LogP contribution in [0.3, 0.4) is 0 Å². The molecule has 43 heavy (non-hydrogen) atoms. The Morgan fingerprint density at radius 3 is 2.53 bits per heavy atom. The molecule has 3 aromatic heterocycles. The molecule has 0 bridgehead atoms.